The summed E-state index contributed by atoms with van der Waals surface area (Å²) in [5, 5.41) is 16.0. The Morgan fingerprint density at radius 1 is 1.32 bits per heavy atom. The van der Waals surface area contributed by atoms with Gasteiger partial charge in [0.15, 0.2) is 0 Å². The lowest BCUT2D eigenvalue weighted by molar-refractivity contribution is -0.122. The second-order valence-electron chi connectivity index (χ2n) is 4.28. The van der Waals surface area contributed by atoms with Gasteiger partial charge in [-0.3, -0.25) is 9.78 Å². The fourth-order valence-electron chi connectivity index (χ4n) is 1.96. The van der Waals surface area contributed by atoms with Gasteiger partial charge in [-0.15, -0.1) is 0 Å². The number of ether oxygens (including phenoxy) is 1. The topological polar surface area (TPSA) is 110 Å². The molecule has 2 rings (SSSR count). The van der Waals surface area contributed by atoms with Crippen molar-refractivity contribution in [2.45, 2.75) is 13.8 Å². The molecular formula is C15H16N2O5. The van der Waals surface area contributed by atoms with Gasteiger partial charge in [-0.1, -0.05) is 0 Å². The van der Waals surface area contributed by atoms with E-state index >= 15 is 0 Å². The van der Waals surface area contributed by atoms with Gasteiger partial charge in [-0.25, -0.2) is 9.78 Å². The van der Waals surface area contributed by atoms with Gasteiger partial charge < -0.3 is 14.9 Å². The Hall–Kier alpha value is -2.96. The van der Waals surface area contributed by atoms with E-state index in [0.29, 0.717) is 22.8 Å². The minimum atomic E-state index is -0.957. The van der Waals surface area contributed by atoms with Gasteiger partial charge in [0.1, 0.15) is 0 Å². The number of carbonyl (C=O) groups is 2. The molecule has 0 aliphatic heterocycles. The summed E-state index contributed by atoms with van der Waals surface area (Å²) in [6.07, 6.45) is 1.65. The summed E-state index contributed by atoms with van der Waals surface area (Å²) in [7, 11) is 1.55. The standard InChI is InChI=1S/C14H14N2O3.CH2O2/c1-8-6-11(16-9(2)13(8)14(17)18)10-4-5-12(19-3)15-7-10;2-1-3/h4-7H,1-3H3,(H,17,18);1H,(H,2,3). The molecular weight excluding hydrogens is 288 g/mol. The molecule has 2 N–H and O–H groups in total. The molecule has 0 aliphatic rings. The van der Waals surface area contributed by atoms with Crippen molar-refractivity contribution in [2.24, 2.45) is 0 Å². The number of aromatic carboxylic acids is 1. The van der Waals surface area contributed by atoms with E-state index in [0.717, 1.165) is 5.56 Å². The minimum absolute atomic E-state index is 0.250. The maximum atomic E-state index is 11.1. The molecule has 0 amide bonds. The Balaban J connectivity index is 0.000000745. The zero-order valence-corrected chi connectivity index (χ0v) is 12.4. The highest BCUT2D eigenvalue weighted by Gasteiger charge is 2.14. The number of carboxylic acids is 1. The Kier molecular flexibility index (Phi) is 6.00. The van der Waals surface area contributed by atoms with Gasteiger partial charge >= 0.3 is 5.97 Å². The van der Waals surface area contributed by atoms with E-state index in [1.807, 2.05) is 6.07 Å². The normalized spacial score (nSPS) is 9.41. The van der Waals surface area contributed by atoms with E-state index in [-0.39, 0.29) is 12.0 Å². The third-order valence-corrected chi connectivity index (χ3v) is 2.85. The van der Waals surface area contributed by atoms with Gasteiger partial charge in [0.25, 0.3) is 6.47 Å². The minimum Gasteiger partial charge on any atom is -0.483 e. The number of hydrogen-bond donors (Lipinski definition) is 2. The molecule has 0 aromatic carbocycles. The predicted molar refractivity (Wildman–Crippen MR) is 79.1 cm³/mol. The van der Waals surface area contributed by atoms with Crippen molar-refractivity contribution in [3.05, 3.63) is 41.2 Å². The largest absolute Gasteiger partial charge is 0.483 e. The molecule has 7 heteroatoms. The van der Waals surface area contributed by atoms with Crippen LogP contribution in [0, 0.1) is 13.8 Å². The van der Waals surface area contributed by atoms with Crippen molar-refractivity contribution in [1.29, 1.82) is 0 Å². The van der Waals surface area contributed by atoms with Gasteiger partial charge in [-0.05, 0) is 31.5 Å². The van der Waals surface area contributed by atoms with Crippen LogP contribution < -0.4 is 4.74 Å². The van der Waals surface area contributed by atoms with E-state index in [1.54, 1.807) is 39.3 Å². The number of pyridine rings is 2. The SMILES string of the molecule is COc1ccc(-c2cc(C)c(C(=O)O)c(C)n2)cn1.O=CO. The predicted octanol–water partition coefficient (Wildman–Crippen LogP) is 2.17. The molecule has 116 valence electrons. The van der Waals surface area contributed by atoms with E-state index in [1.165, 1.54) is 0 Å². The van der Waals surface area contributed by atoms with Crippen LogP contribution in [0.25, 0.3) is 11.3 Å². The molecule has 0 spiro atoms. The molecule has 0 atom stereocenters. The van der Waals surface area contributed by atoms with E-state index in [9.17, 15) is 4.79 Å². The first-order chi connectivity index (χ1) is 10.4. The lowest BCUT2D eigenvalue weighted by atomic mass is 10.0. The summed E-state index contributed by atoms with van der Waals surface area (Å²) >= 11 is 0. The van der Waals surface area contributed by atoms with Gasteiger partial charge in [0.05, 0.1) is 24.1 Å². The van der Waals surface area contributed by atoms with Crippen LogP contribution in [0.15, 0.2) is 24.4 Å². The Morgan fingerprint density at radius 3 is 2.36 bits per heavy atom. The van der Waals surface area contributed by atoms with Crippen LogP contribution in [-0.4, -0.2) is 39.7 Å². The van der Waals surface area contributed by atoms with Crippen LogP contribution in [0.1, 0.15) is 21.6 Å². The Morgan fingerprint density at radius 2 is 1.95 bits per heavy atom. The number of nitrogens with zero attached hydrogens (tertiary/aromatic N) is 2. The first kappa shape index (κ1) is 17.1. The first-order valence-corrected chi connectivity index (χ1v) is 6.24. The summed E-state index contributed by atoms with van der Waals surface area (Å²) in [6.45, 7) is 3.20. The monoisotopic (exact) mass is 304 g/mol. The lowest BCUT2D eigenvalue weighted by Crippen LogP contribution is -2.05. The fourth-order valence-corrected chi connectivity index (χ4v) is 1.96. The average Bonchev–Trinajstić information content (AvgIpc) is 2.47. The second-order valence-corrected chi connectivity index (χ2v) is 4.28. The van der Waals surface area contributed by atoms with Crippen LogP contribution in [-0.2, 0) is 4.79 Å². The van der Waals surface area contributed by atoms with Crippen molar-refractivity contribution >= 4 is 12.4 Å². The lowest BCUT2D eigenvalue weighted by Gasteiger charge is -2.08. The third-order valence-electron chi connectivity index (χ3n) is 2.85. The highest BCUT2D eigenvalue weighted by molar-refractivity contribution is 5.91. The quantitative estimate of drug-likeness (QED) is 0.836. The summed E-state index contributed by atoms with van der Waals surface area (Å²) in [6, 6.07) is 5.33. The number of methoxy groups -OCH3 is 1. The molecule has 0 bridgehead atoms. The van der Waals surface area contributed by atoms with E-state index in [4.69, 9.17) is 19.7 Å². The first-order valence-electron chi connectivity index (χ1n) is 6.24. The van der Waals surface area contributed by atoms with Crippen molar-refractivity contribution < 1.29 is 24.5 Å². The highest BCUT2D eigenvalue weighted by Crippen LogP contribution is 2.22. The number of aryl methyl sites for hydroxylation is 2. The summed E-state index contributed by atoms with van der Waals surface area (Å²) in [4.78, 5) is 27.9. The second kappa shape index (κ2) is 7.72. The van der Waals surface area contributed by atoms with Crippen LogP contribution in [0.3, 0.4) is 0 Å². The molecule has 0 aliphatic carbocycles. The smallest absolute Gasteiger partial charge is 0.337 e. The van der Waals surface area contributed by atoms with Crippen LogP contribution >= 0.6 is 0 Å². The molecule has 2 aromatic heterocycles. The average molecular weight is 304 g/mol. The van der Waals surface area contributed by atoms with Crippen molar-refractivity contribution in [3.8, 4) is 17.1 Å². The molecule has 2 heterocycles. The molecule has 0 unspecified atom stereocenters. The van der Waals surface area contributed by atoms with Crippen LogP contribution in [0.5, 0.6) is 5.88 Å². The van der Waals surface area contributed by atoms with Crippen molar-refractivity contribution in [1.82, 2.24) is 9.97 Å². The Bertz CT molecular complexity index is 645. The fraction of sp³-hybridized carbons (Fsp3) is 0.200. The number of hydrogen-bond acceptors (Lipinski definition) is 5. The molecule has 7 nitrogen and oxygen atoms in total. The van der Waals surface area contributed by atoms with Gasteiger partial charge in [0.2, 0.25) is 5.88 Å². The number of rotatable bonds is 3. The summed E-state index contributed by atoms with van der Waals surface area (Å²) in [5.41, 5.74) is 2.97. The van der Waals surface area contributed by atoms with E-state index < -0.39 is 5.97 Å². The molecule has 0 fully saturated rings. The van der Waals surface area contributed by atoms with Crippen molar-refractivity contribution in [2.75, 3.05) is 7.11 Å². The maximum absolute atomic E-state index is 11.1. The summed E-state index contributed by atoms with van der Waals surface area (Å²) in [5.74, 6) is -0.429. The van der Waals surface area contributed by atoms with Crippen LogP contribution in [0.2, 0.25) is 0 Å². The van der Waals surface area contributed by atoms with Gasteiger partial charge in [0, 0.05) is 17.8 Å². The zero-order chi connectivity index (χ0) is 16.7. The number of carboxylic acid groups (broad SMARTS) is 2. The van der Waals surface area contributed by atoms with Crippen molar-refractivity contribution in [3.63, 3.8) is 0 Å². The van der Waals surface area contributed by atoms with Gasteiger partial charge in [-0.2, -0.15) is 0 Å². The van der Waals surface area contributed by atoms with E-state index in [2.05, 4.69) is 9.97 Å². The maximum Gasteiger partial charge on any atom is 0.337 e. The molecule has 0 saturated heterocycles. The molecule has 0 saturated carbocycles. The third kappa shape index (κ3) is 4.02. The zero-order valence-electron chi connectivity index (χ0n) is 12.4. The highest BCUT2D eigenvalue weighted by atomic mass is 16.5. The Labute approximate surface area is 127 Å². The number of aromatic nitrogens is 2. The molecule has 0 radical (unpaired) electrons. The van der Waals surface area contributed by atoms with Crippen LogP contribution in [0.4, 0.5) is 0 Å². The molecule has 22 heavy (non-hydrogen) atoms. The molecule has 2 aromatic rings. The summed E-state index contributed by atoms with van der Waals surface area (Å²) < 4.78 is 4.99.